The van der Waals surface area contributed by atoms with Gasteiger partial charge in [0.25, 0.3) is 0 Å². The van der Waals surface area contributed by atoms with Gasteiger partial charge in [-0.3, -0.25) is 0 Å². The SMILES string of the molecule is O=C(NCc1ccc(O)cc1)NCC(O)c1ccc(F)cc1. The number of benzene rings is 2. The Morgan fingerprint density at radius 2 is 1.68 bits per heavy atom. The monoisotopic (exact) mass is 304 g/mol. The number of amides is 2. The van der Waals surface area contributed by atoms with Crippen molar-refractivity contribution >= 4 is 6.03 Å². The number of hydrogen-bond donors (Lipinski definition) is 4. The van der Waals surface area contributed by atoms with E-state index in [9.17, 15) is 14.3 Å². The third kappa shape index (κ3) is 4.75. The number of aliphatic hydroxyl groups is 1. The number of phenols is 1. The zero-order valence-electron chi connectivity index (χ0n) is 11.8. The minimum absolute atomic E-state index is 0.0209. The van der Waals surface area contributed by atoms with Gasteiger partial charge in [-0.2, -0.15) is 0 Å². The van der Waals surface area contributed by atoms with Gasteiger partial charge in [0.2, 0.25) is 0 Å². The van der Waals surface area contributed by atoms with Gasteiger partial charge in [-0.1, -0.05) is 24.3 Å². The van der Waals surface area contributed by atoms with E-state index in [0.29, 0.717) is 12.1 Å². The summed E-state index contributed by atoms with van der Waals surface area (Å²) in [5.74, 6) is -0.217. The van der Waals surface area contributed by atoms with Crippen molar-refractivity contribution in [2.45, 2.75) is 12.6 Å². The minimum atomic E-state index is -0.903. The van der Waals surface area contributed by atoms with Crippen LogP contribution in [0.15, 0.2) is 48.5 Å². The molecule has 116 valence electrons. The molecule has 2 aromatic carbocycles. The van der Waals surface area contributed by atoms with Crippen LogP contribution in [0.25, 0.3) is 0 Å². The first-order valence-electron chi connectivity index (χ1n) is 6.78. The maximum Gasteiger partial charge on any atom is 0.315 e. The van der Waals surface area contributed by atoms with Crippen LogP contribution in [0.4, 0.5) is 9.18 Å². The van der Waals surface area contributed by atoms with Crippen molar-refractivity contribution in [3.05, 3.63) is 65.5 Å². The van der Waals surface area contributed by atoms with E-state index in [1.165, 1.54) is 36.4 Å². The lowest BCUT2D eigenvalue weighted by Crippen LogP contribution is -2.37. The van der Waals surface area contributed by atoms with Crippen LogP contribution >= 0.6 is 0 Å². The summed E-state index contributed by atoms with van der Waals surface area (Å²) in [4.78, 5) is 11.6. The average molecular weight is 304 g/mol. The summed E-state index contributed by atoms with van der Waals surface area (Å²) in [6, 6.07) is 11.5. The lowest BCUT2D eigenvalue weighted by molar-refractivity contribution is 0.173. The van der Waals surface area contributed by atoms with Crippen LogP contribution in [0.2, 0.25) is 0 Å². The zero-order valence-corrected chi connectivity index (χ0v) is 11.8. The number of urea groups is 1. The summed E-state index contributed by atoms with van der Waals surface area (Å²) in [5.41, 5.74) is 1.37. The highest BCUT2D eigenvalue weighted by atomic mass is 19.1. The molecule has 0 saturated heterocycles. The van der Waals surface area contributed by atoms with E-state index in [2.05, 4.69) is 10.6 Å². The van der Waals surface area contributed by atoms with E-state index in [0.717, 1.165) is 5.56 Å². The highest BCUT2D eigenvalue weighted by molar-refractivity contribution is 5.73. The minimum Gasteiger partial charge on any atom is -0.508 e. The normalized spacial score (nSPS) is 11.7. The quantitative estimate of drug-likeness (QED) is 0.682. The second kappa shape index (κ2) is 7.42. The van der Waals surface area contributed by atoms with Gasteiger partial charge < -0.3 is 20.8 Å². The maximum absolute atomic E-state index is 12.8. The van der Waals surface area contributed by atoms with E-state index < -0.39 is 12.1 Å². The molecule has 1 unspecified atom stereocenters. The lowest BCUT2D eigenvalue weighted by Gasteiger charge is -2.13. The van der Waals surface area contributed by atoms with Crippen molar-refractivity contribution < 1.29 is 19.4 Å². The second-order valence-electron chi connectivity index (χ2n) is 4.80. The predicted molar refractivity (Wildman–Crippen MR) is 79.7 cm³/mol. The Bertz CT molecular complexity index is 614. The number of aliphatic hydroxyl groups excluding tert-OH is 1. The van der Waals surface area contributed by atoms with E-state index in [-0.39, 0.29) is 18.1 Å². The van der Waals surface area contributed by atoms with Crippen LogP contribution in [0.3, 0.4) is 0 Å². The number of nitrogens with one attached hydrogen (secondary N) is 2. The van der Waals surface area contributed by atoms with Crippen LogP contribution in [0.1, 0.15) is 17.2 Å². The van der Waals surface area contributed by atoms with Crippen LogP contribution < -0.4 is 10.6 Å². The topological polar surface area (TPSA) is 81.6 Å². The standard InChI is InChI=1S/C16H17FN2O3/c17-13-5-3-12(4-6-13)15(21)10-19-16(22)18-9-11-1-7-14(20)8-2-11/h1-8,15,20-21H,9-10H2,(H2,18,19,22). The van der Waals surface area contributed by atoms with Gasteiger partial charge in [-0.05, 0) is 35.4 Å². The number of aromatic hydroxyl groups is 1. The molecule has 0 aliphatic rings. The fourth-order valence-electron chi connectivity index (χ4n) is 1.85. The van der Waals surface area contributed by atoms with Crippen LogP contribution in [0, 0.1) is 5.82 Å². The molecule has 0 saturated carbocycles. The second-order valence-corrected chi connectivity index (χ2v) is 4.80. The Labute approximate surface area is 127 Å². The van der Waals surface area contributed by atoms with Crippen molar-refractivity contribution in [1.82, 2.24) is 10.6 Å². The number of carbonyl (C=O) groups excluding carboxylic acids is 1. The van der Waals surface area contributed by atoms with Crippen molar-refractivity contribution in [3.8, 4) is 5.75 Å². The van der Waals surface area contributed by atoms with Crippen molar-refractivity contribution in [1.29, 1.82) is 0 Å². The summed E-state index contributed by atoms with van der Waals surface area (Å²) in [6.07, 6.45) is -0.903. The molecule has 2 rings (SSSR count). The highest BCUT2D eigenvalue weighted by Crippen LogP contribution is 2.12. The largest absolute Gasteiger partial charge is 0.508 e. The third-order valence-corrected chi connectivity index (χ3v) is 3.10. The van der Waals surface area contributed by atoms with Gasteiger partial charge in [0.15, 0.2) is 0 Å². The lowest BCUT2D eigenvalue weighted by atomic mass is 10.1. The molecule has 0 radical (unpaired) electrons. The summed E-state index contributed by atoms with van der Waals surface area (Å²) < 4.78 is 12.8. The summed E-state index contributed by atoms with van der Waals surface area (Å²) >= 11 is 0. The molecule has 0 aliphatic heterocycles. The maximum atomic E-state index is 12.8. The first-order chi connectivity index (χ1) is 10.5. The van der Waals surface area contributed by atoms with E-state index in [1.54, 1.807) is 12.1 Å². The Morgan fingerprint density at radius 3 is 2.32 bits per heavy atom. The molecule has 0 fully saturated rings. The number of phenolic OH excluding ortho intramolecular Hbond substituents is 1. The molecule has 5 nitrogen and oxygen atoms in total. The smallest absolute Gasteiger partial charge is 0.315 e. The number of rotatable bonds is 5. The summed E-state index contributed by atoms with van der Waals surface area (Å²) in [7, 11) is 0. The molecule has 2 aromatic rings. The zero-order chi connectivity index (χ0) is 15.9. The fraction of sp³-hybridized carbons (Fsp3) is 0.188. The average Bonchev–Trinajstić information content (AvgIpc) is 2.52. The molecular weight excluding hydrogens is 287 g/mol. The molecule has 22 heavy (non-hydrogen) atoms. The molecule has 1 atom stereocenters. The fourth-order valence-corrected chi connectivity index (χ4v) is 1.85. The van der Waals surface area contributed by atoms with Gasteiger partial charge in [0.05, 0.1) is 6.10 Å². The Kier molecular flexibility index (Phi) is 5.32. The van der Waals surface area contributed by atoms with Crippen LogP contribution in [-0.4, -0.2) is 22.8 Å². The highest BCUT2D eigenvalue weighted by Gasteiger charge is 2.09. The van der Waals surface area contributed by atoms with Gasteiger partial charge in [0, 0.05) is 13.1 Å². The molecule has 2 amide bonds. The molecule has 0 spiro atoms. The molecule has 0 bridgehead atoms. The molecule has 0 aromatic heterocycles. The van der Waals surface area contributed by atoms with Gasteiger partial charge >= 0.3 is 6.03 Å². The number of halogens is 1. The predicted octanol–water partition coefficient (Wildman–Crippen LogP) is 2.06. The first-order valence-corrected chi connectivity index (χ1v) is 6.78. The third-order valence-electron chi connectivity index (χ3n) is 3.10. The van der Waals surface area contributed by atoms with Gasteiger partial charge in [-0.25, -0.2) is 9.18 Å². The van der Waals surface area contributed by atoms with E-state index in [4.69, 9.17) is 5.11 Å². The van der Waals surface area contributed by atoms with Crippen LogP contribution in [0.5, 0.6) is 5.75 Å². The molecule has 4 N–H and O–H groups in total. The number of carbonyl (C=O) groups is 1. The summed E-state index contributed by atoms with van der Waals surface area (Å²) in [5, 5.41) is 24.2. The molecule has 0 heterocycles. The van der Waals surface area contributed by atoms with E-state index in [1.807, 2.05) is 0 Å². The molecule has 6 heteroatoms. The Balaban J connectivity index is 1.75. The Hall–Kier alpha value is -2.60. The van der Waals surface area contributed by atoms with Crippen molar-refractivity contribution in [2.24, 2.45) is 0 Å². The number of hydrogen-bond acceptors (Lipinski definition) is 3. The Morgan fingerprint density at radius 1 is 1.05 bits per heavy atom. The van der Waals surface area contributed by atoms with Crippen molar-refractivity contribution in [3.63, 3.8) is 0 Å². The van der Waals surface area contributed by atoms with Gasteiger partial charge in [0.1, 0.15) is 11.6 Å². The molecular formula is C16H17FN2O3. The summed E-state index contributed by atoms with van der Waals surface area (Å²) in [6.45, 7) is 0.325. The first kappa shape index (κ1) is 15.8. The van der Waals surface area contributed by atoms with Gasteiger partial charge in [-0.15, -0.1) is 0 Å². The van der Waals surface area contributed by atoms with Crippen LogP contribution in [-0.2, 0) is 6.54 Å². The van der Waals surface area contributed by atoms with E-state index >= 15 is 0 Å². The van der Waals surface area contributed by atoms with Crippen molar-refractivity contribution in [2.75, 3.05) is 6.54 Å². The molecule has 0 aliphatic carbocycles.